The van der Waals surface area contributed by atoms with E-state index in [0.717, 1.165) is 28.0 Å². The molecule has 0 aliphatic rings. The summed E-state index contributed by atoms with van der Waals surface area (Å²) in [6.07, 6.45) is 0.891. The largest absolute Gasteiger partial charge is 0.493 e. The Morgan fingerprint density at radius 1 is 1.32 bits per heavy atom. The van der Waals surface area contributed by atoms with Gasteiger partial charge in [-0.1, -0.05) is 22.9 Å². The number of methoxy groups -OCH3 is 1. The fourth-order valence-corrected chi connectivity index (χ4v) is 2.20. The first-order valence-electron chi connectivity index (χ1n) is 6.49. The molecule has 0 aromatic heterocycles. The highest BCUT2D eigenvalue weighted by atomic mass is 79.9. The Kier molecular flexibility index (Phi) is 7.20. The Morgan fingerprint density at radius 2 is 2.05 bits per heavy atom. The van der Waals surface area contributed by atoms with Crippen molar-refractivity contribution in [3.63, 3.8) is 0 Å². The fraction of sp³-hybridized carbons (Fsp3) is 0.571. The first kappa shape index (κ1) is 16.3. The minimum Gasteiger partial charge on any atom is -0.493 e. The SMILES string of the molecule is CCOc1cc(Br)c(CNC(CC)CO)cc1OC. The summed E-state index contributed by atoms with van der Waals surface area (Å²) in [5, 5.41) is 12.5. The van der Waals surface area contributed by atoms with E-state index < -0.39 is 0 Å². The van der Waals surface area contributed by atoms with E-state index in [1.165, 1.54) is 0 Å². The summed E-state index contributed by atoms with van der Waals surface area (Å²) in [5.74, 6) is 1.45. The average molecular weight is 332 g/mol. The van der Waals surface area contributed by atoms with Crippen LogP contribution in [0, 0.1) is 0 Å². The zero-order valence-electron chi connectivity index (χ0n) is 11.7. The second kappa shape index (κ2) is 8.40. The number of nitrogens with one attached hydrogen (secondary N) is 1. The molecule has 1 aromatic rings. The molecule has 0 amide bonds. The summed E-state index contributed by atoms with van der Waals surface area (Å²) in [6.45, 7) is 5.39. The van der Waals surface area contributed by atoms with Crippen LogP contribution in [0.1, 0.15) is 25.8 Å². The molecule has 1 rings (SSSR count). The lowest BCUT2D eigenvalue weighted by Crippen LogP contribution is -2.31. The molecule has 0 saturated carbocycles. The van der Waals surface area contributed by atoms with E-state index in [4.69, 9.17) is 14.6 Å². The van der Waals surface area contributed by atoms with E-state index in [2.05, 4.69) is 21.2 Å². The summed E-state index contributed by atoms with van der Waals surface area (Å²) in [6, 6.07) is 3.98. The molecule has 1 aromatic carbocycles. The van der Waals surface area contributed by atoms with Crippen molar-refractivity contribution >= 4 is 15.9 Å². The lowest BCUT2D eigenvalue weighted by molar-refractivity contribution is 0.238. The number of ether oxygens (including phenoxy) is 2. The highest BCUT2D eigenvalue weighted by molar-refractivity contribution is 9.10. The highest BCUT2D eigenvalue weighted by Crippen LogP contribution is 2.33. The molecule has 0 fully saturated rings. The number of hydrogen-bond acceptors (Lipinski definition) is 4. The van der Waals surface area contributed by atoms with Gasteiger partial charge in [0.2, 0.25) is 0 Å². The maximum atomic E-state index is 9.17. The van der Waals surface area contributed by atoms with Gasteiger partial charge in [0.15, 0.2) is 11.5 Å². The maximum absolute atomic E-state index is 9.17. The lowest BCUT2D eigenvalue weighted by atomic mass is 10.1. The molecule has 0 saturated heterocycles. The number of halogens is 1. The molecule has 0 aliphatic carbocycles. The van der Waals surface area contributed by atoms with Crippen LogP contribution in [0.15, 0.2) is 16.6 Å². The molecule has 0 aliphatic heterocycles. The van der Waals surface area contributed by atoms with Gasteiger partial charge in [-0.25, -0.2) is 0 Å². The molecule has 0 bridgehead atoms. The monoisotopic (exact) mass is 331 g/mol. The van der Waals surface area contributed by atoms with Crippen LogP contribution in [0.4, 0.5) is 0 Å². The number of hydrogen-bond donors (Lipinski definition) is 2. The van der Waals surface area contributed by atoms with Crippen LogP contribution in [0.3, 0.4) is 0 Å². The van der Waals surface area contributed by atoms with Gasteiger partial charge in [-0.05, 0) is 31.0 Å². The third-order valence-corrected chi connectivity index (χ3v) is 3.67. The molecule has 2 N–H and O–H groups in total. The van der Waals surface area contributed by atoms with Crippen LogP contribution in [-0.4, -0.2) is 31.5 Å². The Bertz CT molecular complexity index is 395. The van der Waals surface area contributed by atoms with Crippen molar-refractivity contribution in [2.45, 2.75) is 32.9 Å². The second-order valence-electron chi connectivity index (χ2n) is 4.20. The molecule has 0 spiro atoms. The van der Waals surface area contributed by atoms with E-state index in [-0.39, 0.29) is 12.6 Å². The molecule has 1 unspecified atom stereocenters. The predicted octanol–water partition coefficient (Wildman–Crippen LogP) is 2.72. The van der Waals surface area contributed by atoms with E-state index in [9.17, 15) is 0 Å². The van der Waals surface area contributed by atoms with Gasteiger partial charge in [-0.3, -0.25) is 0 Å². The van der Waals surface area contributed by atoms with Gasteiger partial charge in [0.1, 0.15) is 0 Å². The van der Waals surface area contributed by atoms with Crippen molar-refractivity contribution < 1.29 is 14.6 Å². The number of benzene rings is 1. The van der Waals surface area contributed by atoms with Gasteiger partial charge in [0.25, 0.3) is 0 Å². The summed E-state index contributed by atoms with van der Waals surface area (Å²) < 4.78 is 11.8. The van der Waals surface area contributed by atoms with Crippen molar-refractivity contribution in [3.8, 4) is 11.5 Å². The van der Waals surface area contributed by atoms with Crippen molar-refractivity contribution in [1.82, 2.24) is 5.32 Å². The van der Waals surface area contributed by atoms with Gasteiger partial charge < -0.3 is 19.9 Å². The molecule has 1 atom stereocenters. The van der Waals surface area contributed by atoms with Gasteiger partial charge in [-0.15, -0.1) is 0 Å². The maximum Gasteiger partial charge on any atom is 0.162 e. The van der Waals surface area contributed by atoms with Gasteiger partial charge in [0, 0.05) is 17.1 Å². The van der Waals surface area contributed by atoms with Crippen molar-refractivity contribution in [1.29, 1.82) is 0 Å². The fourth-order valence-electron chi connectivity index (χ4n) is 1.73. The first-order chi connectivity index (χ1) is 9.15. The minimum absolute atomic E-state index is 0.115. The van der Waals surface area contributed by atoms with Gasteiger partial charge >= 0.3 is 0 Å². The average Bonchev–Trinajstić information content (AvgIpc) is 2.42. The summed E-state index contributed by atoms with van der Waals surface area (Å²) in [7, 11) is 1.63. The zero-order valence-corrected chi connectivity index (χ0v) is 13.3. The highest BCUT2D eigenvalue weighted by Gasteiger charge is 2.11. The quantitative estimate of drug-likeness (QED) is 0.769. The molecule has 19 heavy (non-hydrogen) atoms. The van der Waals surface area contributed by atoms with Crippen molar-refractivity contribution in [2.24, 2.45) is 0 Å². The lowest BCUT2D eigenvalue weighted by Gasteiger charge is -2.17. The molecule has 0 radical (unpaired) electrons. The zero-order chi connectivity index (χ0) is 14.3. The summed E-state index contributed by atoms with van der Waals surface area (Å²) in [5.41, 5.74) is 1.08. The van der Waals surface area contributed by atoms with Crippen LogP contribution in [0.25, 0.3) is 0 Å². The molecule has 108 valence electrons. The van der Waals surface area contributed by atoms with Crippen LogP contribution in [-0.2, 0) is 6.54 Å². The smallest absolute Gasteiger partial charge is 0.162 e. The molecule has 4 nitrogen and oxygen atoms in total. The summed E-state index contributed by atoms with van der Waals surface area (Å²) >= 11 is 3.54. The molecular weight excluding hydrogens is 310 g/mol. The van der Waals surface area contributed by atoms with Gasteiger partial charge in [0.05, 0.1) is 20.3 Å². The molecule has 0 heterocycles. The normalized spacial score (nSPS) is 12.3. The second-order valence-corrected chi connectivity index (χ2v) is 5.05. The van der Waals surface area contributed by atoms with E-state index in [1.54, 1.807) is 7.11 Å². The van der Waals surface area contributed by atoms with Crippen LogP contribution < -0.4 is 14.8 Å². The minimum atomic E-state index is 0.115. The van der Waals surface area contributed by atoms with Crippen molar-refractivity contribution in [2.75, 3.05) is 20.3 Å². The number of aliphatic hydroxyl groups excluding tert-OH is 1. The topological polar surface area (TPSA) is 50.7 Å². The Morgan fingerprint density at radius 3 is 2.58 bits per heavy atom. The summed E-state index contributed by atoms with van der Waals surface area (Å²) in [4.78, 5) is 0. The number of aliphatic hydroxyl groups is 1. The van der Waals surface area contributed by atoms with Crippen LogP contribution >= 0.6 is 15.9 Å². The third kappa shape index (κ3) is 4.67. The third-order valence-electron chi connectivity index (χ3n) is 2.93. The molecular formula is C14H22BrNO3. The first-order valence-corrected chi connectivity index (χ1v) is 7.28. The Labute approximate surface area is 123 Å². The predicted molar refractivity (Wildman–Crippen MR) is 79.9 cm³/mol. The van der Waals surface area contributed by atoms with Gasteiger partial charge in [-0.2, -0.15) is 0 Å². The number of rotatable bonds is 8. The standard InChI is InChI=1S/C14H22BrNO3/c1-4-11(9-17)16-8-10-6-13(18-3)14(19-5-2)7-12(10)15/h6-7,11,16-17H,4-5,8-9H2,1-3H3. The van der Waals surface area contributed by atoms with Crippen LogP contribution in [0.5, 0.6) is 11.5 Å². The van der Waals surface area contributed by atoms with Crippen molar-refractivity contribution in [3.05, 3.63) is 22.2 Å². The van der Waals surface area contributed by atoms with E-state index >= 15 is 0 Å². The van der Waals surface area contributed by atoms with E-state index in [0.29, 0.717) is 13.2 Å². The van der Waals surface area contributed by atoms with Crippen LogP contribution in [0.2, 0.25) is 0 Å². The molecule has 5 heteroatoms. The Balaban J connectivity index is 2.83. The van der Waals surface area contributed by atoms with E-state index in [1.807, 2.05) is 26.0 Å². The Hall–Kier alpha value is -0.780.